The number of allylic oxidation sites excluding steroid dienone is 1. The largest absolute Gasteiger partial charge is 0.390 e. The summed E-state index contributed by atoms with van der Waals surface area (Å²) in [6, 6.07) is 0. The molecule has 4 aliphatic rings. The number of ketones is 1. The van der Waals surface area contributed by atoms with Gasteiger partial charge in [0, 0.05) is 11.8 Å². The van der Waals surface area contributed by atoms with Gasteiger partial charge >= 0.3 is 0 Å². The molecule has 0 saturated heterocycles. The van der Waals surface area contributed by atoms with Crippen molar-refractivity contribution in [2.45, 2.75) is 83.8 Å². The van der Waals surface area contributed by atoms with E-state index < -0.39 is 11.7 Å². The van der Waals surface area contributed by atoms with Crippen molar-refractivity contribution in [1.82, 2.24) is 0 Å². The highest BCUT2D eigenvalue weighted by Crippen LogP contribution is 2.67. The van der Waals surface area contributed by atoms with Gasteiger partial charge in [0.1, 0.15) is 0 Å². The van der Waals surface area contributed by atoms with E-state index in [4.69, 9.17) is 0 Å². The van der Waals surface area contributed by atoms with E-state index in [-0.39, 0.29) is 10.8 Å². The number of fused-ring (bicyclic) bond motifs is 5. The molecule has 0 bridgehead atoms. The topological polar surface area (TPSA) is 57.5 Å². The van der Waals surface area contributed by atoms with Gasteiger partial charge in [0.25, 0.3) is 0 Å². The fraction of sp³-hybridized carbons (Fsp3) is 0.857. The van der Waals surface area contributed by atoms with Crippen LogP contribution >= 0.6 is 0 Å². The minimum absolute atomic E-state index is 0.162. The first-order valence-corrected chi connectivity index (χ1v) is 9.87. The summed E-state index contributed by atoms with van der Waals surface area (Å²) < 4.78 is 0. The molecule has 0 aromatic heterocycles. The minimum atomic E-state index is -0.928. The minimum Gasteiger partial charge on any atom is -0.390 e. The zero-order chi connectivity index (χ0) is 17.3. The fourth-order valence-electron chi connectivity index (χ4n) is 7.30. The molecule has 3 fully saturated rings. The van der Waals surface area contributed by atoms with Crippen LogP contribution in [0.1, 0.15) is 72.1 Å². The van der Waals surface area contributed by atoms with Gasteiger partial charge in [-0.15, -0.1) is 0 Å². The van der Waals surface area contributed by atoms with Crippen molar-refractivity contribution in [3.63, 3.8) is 0 Å². The van der Waals surface area contributed by atoms with Gasteiger partial charge in [-0.25, -0.2) is 0 Å². The zero-order valence-electron chi connectivity index (χ0n) is 15.3. The Hall–Kier alpha value is -0.670. The summed E-state index contributed by atoms with van der Waals surface area (Å²) >= 11 is 0. The Morgan fingerprint density at radius 1 is 1.08 bits per heavy atom. The van der Waals surface area contributed by atoms with Crippen molar-refractivity contribution >= 4 is 5.78 Å². The second kappa shape index (κ2) is 5.17. The number of carbonyl (C=O) groups is 1. The first kappa shape index (κ1) is 16.8. The van der Waals surface area contributed by atoms with Gasteiger partial charge in [0.2, 0.25) is 0 Å². The second-order valence-corrected chi connectivity index (χ2v) is 9.56. The van der Waals surface area contributed by atoms with Crippen molar-refractivity contribution in [1.29, 1.82) is 0 Å². The summed E-state index contributed by atoms with van der Waals surface area (Å²) in [4.78, 5) is 11.9. The van der Waals surface area contributed by atoms with Crippen LogP contribution in [0.4, 0.5) is 0 Å². The molecule has 0 radical (unpaired) electrons. The summed E-state index contributed by atoms with van der Waals surface area (Å²) in [6.45, 7) is 6.38. The highest BCUT2D eigenvalue weighted by atomic mass is 16.3. The molecule has 24 heavy (non-hydrogen) atoms. The van der Waals surface area contributed by atoms with Crippen molar-refractivity contribution in [3.8, 4) is 0 Å². The SMILES string of the molecule is C[C@H](O)[C@@]1(O)CCC2C3CCC4=CC(=O)CC[C@]4(C)C3CC[C@@]21C. The molecule has 3 unspecified atom stereocenters. The molecule has 0 heterocycles. The van der Waals surface area contributed by atoms with E-state index in [9.17, 15) is 15.0 Å². The third kappa shape index (κ3) is 1.94. The molecule has 3 heteroatoms. The first-order valence-electron chi connectivity index (χ1n) is 9.87. The number of aliphatic hydroxyl groups excluding tert-OH is 1. The zero-order valence-corrected chi connectivity index (χ0v) is 15.3. The van der Waals surface area contributed by atoms with E-state index in [0.717, 1.165) is 44.9 Å². The Balaban J connectivity index is 1.69. The van der Waals surface area contributed by atoms with E-state index in [1.807, 2.05) is 6.08 Å². The first-order chi connectivity index (χ1) is 11.2. The van der Waals surface area contributed by atoms with Gasteiger partial charge in [0.05, 0.1) is 11.7 Å². The summed E-state index contributed by atoms with van der Waals surface area (Å²) in [7, 11) is 0. The van der Waals surface area contributed by atoms with Gasteiger partial charge in [-0.3, -0.25) is 4.79 Å². The summed E-state index contributed by atoms with van der Waals surface area (Å²) in [5.74, 6) is 2.09. The standard InChI is InChI=1S/C21H32O3/c1-13(22)21(24)11-8-18-16-5-4-14-12-15(23)6-9-19(14,2)17(16)7-10-20(18,21)3/h12-13,16-18,22,24H,4-11H2,1-3H3/t13-,16?,17?,18?,19-,20-,21-/m0/s1. The maximum atomic E-state index is 11.9. The summed E-state index contributed by atoms with van der Waals surface area (Å²) in [5, 5.41) is 21.5. The molecule has 0 aromatic carbocycles. The third-order valence-corrected chi connectivity index (χ3v) is 8.87. The number of aliphatic hydroxyl groups is 2. The van der Waals surface area contributed by atoms with Crippen LogP contribution in [-0.4, -0.2) is 27.7 Å². The van der Waals surface area contributed by atoms with Crippen molar-refractivity contribution in [2.75, 3.05) is 0 Å². The van der Waals surface area contributed by atoms with E-state index in [0.29, 0.717) is 30.0 Å². The monoisotopic (exact) mass is 332 g/mol. The molecule has 4 aliphatic carbocycles. The molecule has 7 atom stereocenters. The van der Waals surface area contributed by atoms with Gasteiger partial charge in [0.15, 0.2) is 5.78 Å². The lowest BCUT2D eigenvalue weighted by atomic mass is 9.46. The molecule has 2 N–H and O–H groups in total. The highest BCUT2D eigenvalue weighted by Gasteiger charge is 2.65. The molecule has 0 spiro atoms. The highest BCUT2D eigenvalue weighted by molar-refractivity contribution is 5.91. The van der Waals surface area contributed by atoms with Crippen molar-refractivity contribution in [3.05, 3.63) is 11.6 Å². The lowest BCUT2D eigenvalue weighted by Crippen LogP contribution is -2.58. The van der Waals surface area contributed by atoms with E-state index in [2.05, 4.69) is 13.8 Å². The van der Waals surface area contributed by atoms with Crippen molar-refractivity contribution < 1.29 is 15.0 Å². The molecule has 0 amide bonds. The normalized spacial score (nSPS) is 52.1. The number of rotatable bonds is 1. The second-order valence-electron chi connectivity index (χ2n) is 9.56. The van der Waals surface area contributed by atoms with E-state index in [1.54, 1.807) is 6.92 Å². The Morgan fingerprint density at radius 3 is 2.50 bits per heavy atom. The van der Waals surface area contributed by atoms with Crippen LogP contribution in [0.2, 0.25) is 0 Å². The fourth-order valence-corrected chi connectivity index (χ4v) is 7.30. The maximum absolute atomic E-state index is 11.9. The molecule has 0 aliphatic heterocycles. The van der Waals surface area contributed by atoms with Gasteiger partial charge in [-0.1, -0.05) is 19.4 Å². The molecular weight excluding hydrogens is 300 g/mol. The average molecular weight is 332 g/mol. The molecule has 3 nitrogen and oxygen atoms in total. The van der Waals surface area contributed by atoms with Crippen LogP contribution in [0.3, 0.4) is 0 Å². The van der Waals surface area contributed by atoms with Crippen LogP contribution in [0.25, 0.3) is 0 Å². The molecular formula is C21H32O3. The summed E-state index contributed by atoms with van der Waals surface area (Å²) in [6.07, 6.45) is 9.07. The third-order valence-electron chi connectivity index (χ3n) is 8.87. The Bertz CT molecular complexity index is 594. The predicted octanol–water partition coefficient (Wildman–Crippen LogP) is 3.63. The van der Waals surface area contributed by atoms with Crippen LogP contribution in [0, 0.1) is 28.6 Å². The van der Waals surface area contributed by atoms with Crippen LogP contribution < -0.4 is 0 Å². The number of hydrogen-bond donors (Lipinski definition) is 2. The van der Waals surface area contributed by atoms with Gasteiger partial charge in [-0.2, -0.15) is 0 Å². The maximum Gasteiger partial charge on any atom is 0.155 e. The molecule has 4 rings (SSSR count). The van der Waals surface area contributed by atoms with Crippen LogP contribution in [-0.2, 0) is 4.79 Å². The smallest absolute Gasteiger partial charge is 0.155 e. The predicted molar refractivity (Wildman–Crippen MR) is 93.3 cm³/mol. The Kier molecular flexibility index (Phi) is 3.61. The molecule has 134 valence electrons. The van der Waals surface area contributed by atoms with Crippen LogP contribution in [0.5, 0.6) is 0 Å². The lowest BCUT2D eigenvalue weighted by Gasteiger charge is -2.59. The van der Waals surface area contributed by atoms with E-state index in [1.165, 1.54) is 5.57 Å². The van der Waals surface area contributed by atoms with Crippen LogP contribution in [0.15, 0.2) is 11.6 Å². The average Bonchev–Trinajstić information content (AvgIpc) is 2.81. The Labute approximate surface area is 145 Å². The van der Waals surface area contributed by atoms with Gasteiger partial charge < -0.3 is 10.2 Å². The number of hydrogen-bond acceptors (Lipinski definition) is 3. The van der Waals surface area contributed by atoms with E-state index >= 15 is 0 Å². The quantitative estimate of drug-likeness (QED) is 0.771. The molecule has 0 aromatic rings. The molecule has 3 saturated carbocycles. The van der Waals surface area contributed by atoms with Gasteiger partial charge in [-0.05, 0) is 81.1 Å². The summed E-state index contributed by atoms with van der Waals surface area (Å²) in [5.41, 5.74) is 0.489. The lowest BCUT2D eigenvalue weighted by molar-refractivity contribution is -0.171. The Morgan fingerprint density at radius 2 is 1.79 bits per heavy atom. The number of carbonyl (C=O) groups excluding carboxylic acids is 1. The van der Waals surface area contributed by atoms with Crippen molar-refractivity contribution in [2.24, 2.45) is 28.6 Å².